The Balaban J connectivity index is 2.37. The maximum Gasteiger partial charge on any atom is 0.355 e. The first-order valence-electron chi connectivity index (χ1n) is 5.30. The van der Waals surface area contributed by atoms with Gasteiger partial charge in [0.25, 0.3) is 0 Å². The number of sulfonamides is 1. The molecule has 0 unspecified atom stereocenters. The number of aromatic carboxylic acids is 1. The van der Waals surface area contributed by atoms with E-state index in [2.05, 4.69) is 10.2 Å². The van der Waals surface area contributed by atoms with Crippen LogP contribution in [-0.4, -0.2) is 47.1 Å². The van der Waals surface area contributed by atoms with Crippen molar-refractivity contribution in [2.75, 3.05) is 13.1 Å². The van der Waals surface area contributed by atoms with Crippen molar-refractivity contribution in [3.05, 3.63) is 11.9 Å². The highest BCUT2D eigenvalue weighted by atomic mass is 32.2. The SMILES string of the molecule is O=C(O)c1[nH]ncc1S(=O)(=O)N1CCCCC1. The van der Waals surface area contributed by atoms with Crippen LogP contribution in [0.4, 0.5) is 0 Å². The van der Waals surface area contributed by atoms with E-state index in [4.69, 9.17) is 5.11 Å². The molecule has 7 nitrogen and oxygen atoms in total. The van der Waals surface area contributed by atoms with E-state index in [-0.39, 0.29) is 10.6 Å². The predicted molar refractivity (Wildman–Crippen MR) is 58.2 cm³/mol. The highest BCUT2D eigenvalue weighted by Crippen LogP contribution is 2.22. The molecule has 0 bridgehead atoms. The lowest BCUT2D eigenvalue weighted by atomic mass is 10.2. The van der Waals surface area contributed by atoms with Gasteiger partial charge in [-0.25, -0.2) is 13.2 Å². The van der Waals surface area contributed by atoms with Crippen LogP contribution in [0.1, 0.15) is 29.8 Å². The second kappa shape index (κ2) is 4.46. The van der Waals surface area contributed by atoms with E-state index in [0.717, 1.165) is 25.5 Å². The average Bonchev–Trinajstić information content (AvgIpc) is 2.80. The first-order valence-corrected chi connectivity index (χ1v) is 6.74. The summed E-state index contributed by atoms with van der Waals surface area (Å²) in [4.78, 5) is 10.6. The normalized spacial score (nSPS) is 18.1. The van der Waals surface area contributed by atoms with Crippen molar-refractivity contribution in [3.63, 3.8) is 0 Å². The van der Waals surface area contributed by atoms with E-state index in [1.54, 1.807) is 0 Å². The molecular formula is C9H13N3O4S. The van der Waals surface area contributed by atoms with Crippen LogP contribution in [0.25, 0.3) is 0 Å². The van der Waals surface area contributed by atoms with E-state index < -0.39 is 16.0 Å². The molecule has 0 aliphatic carbocycles. The van der Waals surface area contributed by atoms with E-state index in [0.29, 0.717) is 13.1 Å². The topological polar surface area (TPSA) is 103 Å². The highest BCUT2D eigenvalue weighted by molar-refractivity contribution is 7.89. The average molecular weight is 259 g/mol. The Kier molecular flexibility index (Phi) is 3.16. The molecule has 1 aromatic heterocycles. The molecule has 17 heavy (non-hydrogen) atoms. The Morgan fingerprint density at radius 3 is 2.59 bits per heavy atom. The molecule has 8 heteroatoms. The van der Waals surface area contributed by atoms with Crippen molar-refractivity contribution < 1.29 is 18.3 Å². The maximum absolute atomic E-state index is 12.2. The third-order valence-corrected chi connectivity index (χ3v) is 4.66. The highest BCUT2D eigenvalue weighted by Gasteiger charge is 2.31. The lowest BCUT2D eigenvalue weighted by Gasteiger charge is -2.25. The zero-order valence-electron chi connectivity index (χ0n) is 9.09. The molecule has 0 aromatic carbocycles. The Morgan fingerprint density at radius 2 is 2.00 bits per heavy atom. The third kappa shape index (κ3) is 2.18. The number of H-pyrrole nitrogens is 1. The van der Waals surface area contributed by atoms with Crippen molar-refractivity contribution in [2.24, 2.45) is 0 Å². The summed E-state index contributed by atoms with van der Waals surface area (Å²) >= 11 is 0. The van der Waals surface area contributed by atoms with Gasteiger partial charge in [-0.1, -0.05) is 6.42 Å². The van der Waals surface area contributed by atoms with Crippen molar-refractivity contribution in [2.45, 2.75) is 24.2 Å². The lowest BCUT2D eigenvalue weighted by Crippen LogP contribution is -2.36. The fraction of sp³-hybridized carbons (Fsp3) is 0.556. The molecule has 2 heterocycles. The Labute approximate surface area is 98.5 Å². The van der Waals surface area contributed by atoms with Gasteiger partial charge in [-0.2, -0.15) is 9.40 Å². The summed E-state index contributed by atoms with van der Waals surface area (Å²) in [6, 6.07) is 0. The minimum atomic E-state index is -3.74. The van der Waals surface area contributed by atoms with Crippen molar-refractivity contribution in [1.29, 1.82) is 0 Å². The summed E-state index contributed by atoms with van der Waals surface area (Å²) in [5.41, 5.74) is -0.379. The largest absolute Gasteiger partial charge is 0.476 e. The van der Waals surface area contributed by atoms with Crippen LogP contribution in [-0.2, 0) is 10.0 Å². The van der Waals surface area contributed by atoms with Gasteiger partial charge in [0.1, 0.15) is 4.90 Å². The van der Waals surface area contributed by atoms with Gasteiger partial charge in [0, 0.05) is 13.1 Å². The Hall–Kier alpha value is -1.41. The molecule has 2 rings (SSSR count). The zero-order chi connectivity index (χ0) is 12.5. The molecule has 0 atom stereocenters. The smallest absolute Gasteiger partial charge is 0.355 e. The molecule has 1 saturated heterocycles. The van der Waals surface area contributed by atoms with Gasteiger partial charge in [-0.15, -0.1) is 0 Å². The third-order valence-electron chi connectivity index (χ3n) is 2.75. The molecule has 0 spiro atoms. The summed E-state index contributed by atoms with van der Waals surface area (Å²) in [6.45, 7) is 0.874. The molecule has 94 valence electrons. The van der Waals surface area contributed by atoms with Crippen LogP contribution < -0.4 is 0 Å². The number of carbonyl (C=O) groups is 1. The number of aromatic nitrogens is 2. The lowest BCUT2D eigenvalue weighted by molar-refractivity contribution is 0.0686. The number of carboxylic acids is 1. The second-order valence-electron chi connectivity index (χ2n) is 3.88. The molecule has 0 saturated carbocycles. The van der Waals surface area contributed by atoms with Crippen LogP contribution in [0.5, 0.6) is 0 Å². The predicted octanol–water partition coefficient (Wildman–Crippen LogP) is 0.282. The van der Waals surface area contributed by atoms with E-state index >= 15 is 0 Å². The number of rotatable bonds is 3. The van der Waals surface area contributed by atoms with Crippen LogP contribution in [0, 0.1) is 0 Å². The van der Waals surface area contributed by atoms with E-state index in [1.807, 2.05) is 0 Å². The van der Waals surface area contributed by atoms with Crippen LogP contribution in [0.2, 0.25) is 0 Å². The summed E-state index contributed by atoms with van der Waals surface area (Å²) in [5.74, 6) is -1.32. The van der Waals surface area contributed by atoms with Crippen molar-refractivity contribution in [1.82, 2.24) is 14.5 Å². The zero-order valence-corrected chi connectivity index (χ0v) is 9.90. The first-order chi connectivity index (χ1) is 8.03. The molecule has 0 amide bonds. The molecule has 1 aliphatic rings. The fourth-order valence-electron chi connectivity index (χ4n) is 1.87. The molecule has 0 radical (unpaired) electrons. The number of nitrogens with one attached hydrogen (secondary N) is 1. The van der Waals surface area contributed by atoms with E-state index in [1.165, 1.54) is 4.31 Å². The van der Waals surface area contributed by atoms with Gasteiger partial charge >= 0.3 is 5.97 Å². The van der Waals surface area contributed by atoms with Gasteiger partial charge < -0.3 is 5.11 Å². The van der Waals surface area contributed by atoms with Gasteiger partial charge in [0.2, 0.25) is 10.0 Å². The monoisotopic (exact) mass is 259 g/mol. The summed E-state index contributed by atoms with van der Waals surface area (Å²) in [6.07, 6.45) is 3.66. The molecule has 1 fully saturated rings. The summed E-state index contributed by atoms with van der Waals surface area (Å²) in [5, 5.41) is 14.5. The number of nitrogens with zero attached hydrogens (tertiary/aromatic N) is 2. The number of piperidine rings is 1. The van der Waals surface area contributed by atoms with Gasteiger partial charge in [-0.05, 0) is 12.8 Å². The quantitative estimate of drug-likeness (QED) is 0.811. The van der Waals surface area contributed by atoms with Crippen molar-refractivity contribution >= 4 is 16.0 Å². The molecular weight excluding hydrogens is 246 g/mol. The Bertz CT molecular complexity index is 516. The Morgan fingerprint density at radius 1 is 1.35 bits per heavy atom. The summed E-state index contributed by atoms with van der Waals surface area (Å²) < 4.78 is 25.7. The van der Waals surface area contributed by atoms with E-state index in [9.17, 15) is 13.2 Å². The van der Waals surface area contributed by atoms with Crippen molar-refractivity contribution in [3.8, 4) is 0 Å². The molecule has 2 N–H and O–H groups in total. The molecule has 1 aliphatic heterocycles. The first kappa shape index (κ1) is 12.1. The van der Waals surface area contributed by atoms with Gasteiger partial charge in [0.15, 0.2) is 5.69 Å². The minimum absolute atomic E-state index is 0.257. The number of carboxylic acid groups (broad SMARTS) is 1. The second-order valence-corrected chi connectivity index (χ2v) is 5.79. The van der Waals surface area contributed by atoms with Gasteiger partial charge in [0.05, 0.1) is 6.20 Å². The van der Waals surface area contributed by atoms with Gasteiger partial charge in [-0.3, -0.25) is 5.10 Å². The maximum atomic E-state index is 12.2. The number of hydrogen-bond acceptors (Lipinski definition) is 4. The van der Waals surface area contributed by atoms with Crippen LogP contribution in [0.3, 0.4) is 0 Å². The number of aromatic amines is 1. The van der Waals surface area contributed by atoms with Crippen LogP contribution in [0.15, 0.2) is 11.1 Å². The van der Waals surface area contributed by atoms with Crippen LogP contribution >= 0.6 is 0 Å². The number of hydrogen-bond donors (Lipinski definition) is 2. The minimum Gasteiger partial charge on any atom is -0.476 e. The summed E-state index contributed by atoms with van der Waals surface area (Å²) in [7, 11) is -3.74. The fourth-order valence-corrected chi connectivity index (χ4v) is 3.46. The standard InChI is InChI=1S/C9H13N3O4S/c13-9(14)8-7(6-10-11-8)17(15,16)12-4-2-1-3-5-12/h6H,1-5H2,(H,10,11)(H,13,14). The molecule has 1 aromatic rings.